The lowest BCUT2D eigenvalue weighted by atomic mass is 10.2. The second-order valence-corrected chi connectivity index (χ2v) is 6.74. The summed E-state index contributed by atoms with van der Waals surface area (Å²) in [7, 11) is 1.88. The number of hydrogen-bond donors (Lipinski definition) is 0. The van der Waals surface area contributed by atoms with E-state index in [0.717, 1.165) is 16.6 Å². The molecular weight excluding hydrogens is 350 g/mol. The summed E-state index contributed by atoms with van der Waals surface area (Å²) in [5.74, 6) is -0.408. The lowest BCUT2D eigenvalue weighted by molar-refractivity contribution is -0.384. The van der Waals surface area contributed by atoms with Crippen LogP contribution in [0.1, 0.15) is 18.1 Å². The molecule has 0 unspecified atom stereocenters. The number of rotatable bonds is 4. The molecule has 0 spiro atoms. The lowest BCUT2D eigenvalue weighted by Gasteiger charge is -1.97. The maximum atomic E-state index is 12.2. The zero-order valence-electron chi connectivity index (χ0n) is 14.4. The van der Waals surface area contributed by atoms with Gasteiger partial charge in [0.05, 0.1) is 15.1 Å². The van der Waals surface area contributed by atoms with E-state index in [1.165, 1.54) is 41.2 Å². The SMILES string of the molecule is CCc1ccc2c(c1)sc(=NC(=O)/C=C/c1cccc([N+](=O)[O-])c1)n2C. The third-order valence-corrected chi connectivity index (χ3v) is 5.08. The largest absolute Gasteiger partial charge is 0.319 e. The molecule has 132 valence electrons. The number of amides is 1. The van der Waals surface area contributed by atoms with Crippen LogP contribution in [-0.2, 0) is 18.3 Å². The van der Waals surface area contributed by atoms with E-state index in [9.17, 15) is 14.9 Å². The van der Waals surface area contributed by atoms with E-state index in [4.69, 9.17) is 0 Å². The molecule has 6 nitrogen and oxygen atoms in total. The van der Waals surface area contributed by atoms with Crippen molar-refractivity contribution in [3.8, 4) is 0 Å². The molecule has 2 aromatic carbocycles. The average Bonchev–Trinajstić information content (AvgIpc) is 2.95. The monoisotopic (exact) mass is 367 g/mol. The molecule has 1 amide bonds. The van der Waals surface area contributed by atoms with Gasteiger partial charge < -0.3 is 4.57 Å². The van der Waals surface area contributed by atoms with Gasteiger partial charge in [-0.15, -0.1) is 0 Å². The normalized spacial score (nSPS) is 12.2. The van der Waals surface area contributed by atoms with Crippen molar-refractivity contribution in [2.24, 2.45) is 12.0 Å². The zero-order valence-corrected chi connectivity index (χ0v) is 15.2. The highest BCUT2D eigenvalue weighted by Crippen LogP contribution is 2.19. The van der Waals surface area contributed by atoms with E-state index in [0.29, 0.717) is 10.4 Å². The van der Waals surface area contributed by atoms with E-state index < -0.39 is 10.8 Å². The molecule has 7 heteroatoms. The van der Waals surface area contributed by atoms with Gasteiger partial charge >= 0.3 is 0 Å². The molecular formula is C19H17N3O3S. The van der Waals surface area contributed by atoms with E-state index in [2.05, 4.69) is 24.0 Å². The molecule has 0 saturated heterocycles. The highest BCUT2D eigenvalue weighted by molar-refractivity contribution is 7.16. The Morgan fingerprint density at radius 1 is 1.31 bits per heavy atom. The van der Waals surface area contributed by atoms with Gasteiger partial charge in [-0.05, 0) is 35.8 Å². The summed E-state index contributed by atoms with van der Waals surface area (Å²) in [5.41, 5.74) is 2.83. The number of nitro groups is 1. The first-order chi connectivity index (χ1) is 12.5. The van der Waals surface area contributed by atoms with Crippen LogP contribution < -0.4 is 4.80 Å². The highest BCUT2D eigenvalue weighted by atomic mass is 32.1. The van der Waals surface area contributed by atoms with Gasteiger partial charge in [-0.25, -0.2) is 0 Å². The van der Waals surface area contributed by atoms with Crippen LogP contribution in [0.2, 0.25) is 0 Å². The Labute approximate surface area is 153 Å². The molecule has 0 aliphatic heterocycles. The number of benzene rings is 2. The van der Waals surface area contributed by atoms with Crippen LogP contribution in [0.3, 0.4) is 0 Å². The minimum atomic E-state index is -0.467. The van der Waals surface area contributed by atoms with Crippen molar-refractivity contribution in [2.45, 2.75) is 13.3 Å². The van der Waals surface area contributed by atoms with Crippen LogP contribution in [0.5, 0.6) is 0 Å². The van der Waals surface area contributed by atoms with Crippen LogP contribution in [-0.4, -0.2) is 15.4 Å². The van der Waals surface area contributed by atoms with Gasteiger partial charge in [0.25, 0.3) is 11.6 Å². The number of nitro benzene ring substituents is 1. The van der Waals surface area contributed by atoms with Crippen molar-refractivity contribution in [3.05, 3.63) is 74.6 Å². The third kappa shape index (κ3) is 3.78. The average molecular weight is 367 g/mol. The minimum absolute atomic E-state index is 0.0147. The van der Waals surface area contributed by atoms with Gasteiger partial charge in [0.15, 0.2) is 4.80 Å². The Hall–Kier alpha value is -3.06. The fraction of sp³-hybridized carbons (Fsp3) is 0.158. The molecule has 3 rings (SSSR count). The Bertz CT molecular complexity index is 1090. The Morgan fingerprint density at radius 3 is 2.85 bits per heavy atom. The first kappa shape index (κ1) is 17.8. The number of carbonyl (C=O) groups is 1. The molecule has 0 N–H and O–H groups in total. The zero-order chi connectivity index (χ0) is 18.7. The Balaban J connectivity index is 1.89. The van der Waals surface area contributed by atoms with Crippen LogP contribution >= 0.6 is 11.3 Å². The molecule has 26 heavy (non-hydrogen) atoms. The number of hydrogen-bond acceptors (Lipinski definition) is 4. The van der Waals surface area contributed by atoms with Gasteiger partial charge in [-0.1, -0.05) is 36.5 Å². The maximum absolute atomic E-state index is 12.2. The Morgan fingerprint density at radius 2 is 2.12 bits per heavy atom. The number of thiazole rings is 1. The van der Waals surface area contributed by atoms with Crippen LogP contribution in [0.15, 0.2) is 53.5 Å². The second-order valence-electron chi connectivity index (χ2n) is 5.73. The van der Waals surface area contributed by atoms with Crippen molar-refractivity contribution in [2.75, 3.05) is 0 Å². The smallest absolute Gasteiger partial charge is 0.272 e. The molecule has 0 atom stereocenters. The molecule has 0 saturated carbocycles. The predicted octanol–water partition coefficient (Wildman–Crippen LogP) is 3.85. The van der Waals surface area contributed by atoms with Crippen LogP contribution in [0.25, 0.3) is 16.3 Å². The number of fused-ring (bicyclic) bond motifs is 1. The highest BCUT2D eigenvalue weighted by Gasteiger charge is 2.06. The minimum Gasteiger partial charge on any atom is -0.319 e. The van der Waals surface area contributed by atoms with Crippen LogP contribution in [0.4, 0.5) is 5.69 Å². The van der Waals surface area contributed by atoms with E-state index >= 15 is 0 Å². The summed E-state index contributed by atoms with van der Waals surface area (Å²) in [5, 5.41) is 10.8. The first-order valence-corrected chi connectivity index (χ1v) is 8.89. The predicted molar refractivity (Wildman–Crippen MR) is 103 cm³/mol. The lowest BCUT2D eigenvalue weighted by Crippen LogP contribution is -2.12. The standard InChI is InChI=1S/C19H17N3O3S/c1-3-13-7-9-16-17(12-13)26-19(21(16)2)20-18(23)10-8-14-5-4-6-15(11-14)22(24)25/h4-12H,3H2,1-2H3/b10-8+,20-19?. The maximum Gasteiger partial charge on any atom is 0.272 e. The van der Waals surface area contributed by atoms with Gasteiger partial charge in [0.2, 0.25) is 0 Å². The number of nitrogens with zero attached hydrogens (tertiary/aromatic N) is 3. The number of carbonyl (C=O) groups excluding carboxylic acids is 1. The summed E-state index contributed by atoms with van der Waals surface area (Å²) in [6.45, 7) is 2.10. The number of non-ortho nitro benzene ring substituents is 1. The van der Waals surface area contributed by atoms with E-state index in [1.807, 2.05) is 17.7 Å². The third-order valence-electron chi connectivity index (χ3n) is 3.99. The van der Waals surface area contributed by atoms with Gasteiger partial charge in [0.1, 0.15) is 0 Å². The fourth-order valence-electron chi connectivity index (χ4n) is 2.55. The molecule has 1 aromatic heterocycles. The molecule has 0 aliphatic rings. The Kier molecular flexibility index (Phi) is 5.09. The quantitative estimate of drug-likeness (QED) is 0.399. The molecule has 3 aromatic rings. The topological polar surface area (TPSA) is 77.5 Å². The second kappa shape index (κ2) is 7.45. The fourth-order valence-corrected chi connectivity index (χ4v) is 3.63. The molecule has 0 aliphatic carbocycles. The summed E-state index contributed by atoms with van der Waals surface area (Å²) in [4.78, 5) is 27.2. The molecule has 0 bridgehead atoms. The van der Waals surface area contributed by atoms with Crippen molar-refractivity contribution >= 4 is 39.2 Å². The molecule has 0 fully saturated rings. The first-order valence-electron chi connectivity index (χ1n) is 8.07. The molecule has 0 radical (unpaired) electrons. The molecule has 1 heterocycles. The van der Waals surface area contributed by atoms with Crippen molar-refractivity contribution < 1.29 is 9.72 Å². The van der Waals surface area contributed by atoms with Crippen molar-refractivity contribution in [3.63, 3.8) is 0 Å². The van der Waals surface area contributed by atoms with Crippen molar-refractivity contribution in [1.29, 1.82) is 0 Å². The summed E-state index contributed by atoms with van der Waals surface area (Å²) in [6, 6.07) is 12.3. The van der Waals surface area contributed by atoms with Gasteiger partial charge in [0, 0.05) is 25.3 Å². The summed E-state index contributed by atoms with van der Waals surface area (Å²) >= 11 is 1.46. The number of aromatic nitrogens is 1. The summed E-state index contributed by atoms with van der Waals surface area (Å²) < 4.78 is 2.97. The van der Waals surface area contributed by atoms with E-state index in [-0.39, 0.29) is 5.69 Å². The van der Waals surface area contributed by atoms with Crippen molar-refractivity contribution in [1.82, 2.24) is 4.57 Å². The number of aryl methyl sites for hydroxylation is 2. The van der Waals surface area contributed by atoms with Gasteiger partial charge in [-0.2, -0.15) is 4.99 Å². The van der Waals surface area contributed by atoms with E-state index in [1.54, 1.807) is 12.1 Å². The summed E-state index contributed by atoms with van der Waals surface area (Å²) in [6.07, 6.45) is 3.80. The van der Waals surface area contributed by atoms with Crippen LogP contribution in [0, 0.1) is 10.1 Å². The van der Waals surface area contributed by atoms with Gasteiger partial charge in [-0.3, -0.25) is 14.9 Å².